The highest BCUT2D eigenvalue weighted by Gasteiger charge is 2.42. The molecular formula is C19H34F3N3O. The van der Waals surface area contributed by atoms with Crippen molar-refractivity contribution in [2.24, 2.45) is 22.2 Å². The van der Waals surface area contributed by atoms with Gasteiger partial charge in [0.25, 0.3) is 0 Å². The summed E-state index contributed by atoms with van der Waals surface area (Å²) in [5.41, 5.74) is 0.0625. The highest BCUT2D eigenvalue weighted by atomic mass is 19.4. The predicted octanol–water partition coefficient (Wildman–Crippen LogP) is 4.11. The zero-order valence-corrected chi connectivity index (χ0v) is 16.5. The molecule has 2 rings (SSSR count). The average molecular weight is 377 g/mol. The Kier molecular flexibility index (Phi) is 7.22. The van der Waals surface area contributed by atoms with Gasteiger partial charge in [-0.05, 0) is 37.5 Å². The number of nitrogens with one attached hydrogen (secondary N) is 2. The van der Waals surface area contributed by atoms with Gasteiger partial charge in [-0.2, -0.15) is 13.2 Å². The number of alkyl halides is 3. The fraction of sp³-hybridized carbons (Fsp3) is 0.947. The summed E-state index contributed by atoms with van der Waals surface area (Å²) in [4.78, 5) is 4.21. The molecule has 4 atom stereocenters. The number of guanidine groups is 1. The molecule has 2 N–H and O–H groups in total. The van der Waals surface area contributed by atoms with E-state index in [4.69, 9.17) is 4.74 Å². The van der Waals surface area contributed by atoms with Crippen molar-refractivity contribution in [2.45, 2.75) is 77.6 Å². The first-order chi connectivity index (χ1) is 12.1. The molecule has 0 spiro atoms. The third-order valence-corrected chi connectivity index (χ3v) is 5.53. The summed E-state index contributed by atoms with van der Waals surface area (Å²) in [7, 11) is 1.66. The first-order valence-corrected chi connectivity index (χ1v) is 9.76. The molecule has 7 heteroatoms. The molecular weight excluding hydrogens is 343 g/mol. The summed E-state index contributed by atoms with van der Waals surface area (Å²) in [5.74, 6) is -0.239. The van der Waals surface area contributed by atoms with Gasteiger partial charge in [-0.3, -0.25) is 4.99 Å². The van der Waals surface area contributed by atoms with E-state index in [2.05, 4.69) is 36.4 Å². The van der Waals surface area contributed by atoms with Gasteiger partial charge in [0.15, 0.2) is 5.96 Å². The number of halogens is 3. The molecule has 4 unspecified atom stereocenters. The van der Waals surface area contributed by atoms with Crippen molar-refractivity contribution in [1.82, 2.24) is 10.6 Å². The molecule has 0 amide bonds. The minimum Gasteiger partial charge on any atom is -0.377 e. The van der Waals surface area contributed by atoms with E-state index < -0.39 is 12.1 Å². The van der Waals surface area contributed by atoms with E-state index >= 15 is 0 Å². The average Bonchev–Trinajstić information content (AvgIpc) is 2.57. The molecule has 0 aromatic carbocycles. The molecule has 1 aliphatic heterocycles. The fourth-order valence-electron chi connectivity index (χ4n) is 4.24. The van der Waals surface area contributed by atoms with E-state index in [0.29, 0.717) is 18.3 Å². The molecule has 0 aromatic heterocycles. The van der Waals surface area contributed by atoms with Gasteiger partial charge in [0, 0.05) is 32.2 Å². The van der Waals surface area contributed by atoms with Gasteiger partial charge in [-0.25, -0.2) is 0 Å². The number of rotatable bonds is 3. The number of hydrogen-bond acceptors (Lipinski definition) is 2. The molecule has 0 bridgehead atoms. The van der Waals surface area contributed by atoms with Crippen molar-refractivity contribution in [1.29, 1.82) is 0 Å². The van der Waals surface area contributed by atoms with Crippen LogP contribution in [0.4, 0.5) is 13.2 Å². The molecule has 1 saturated heterocycles. The van der Waals surface area contributed by atoms with E-state index in [9.17, 15) is 13.2 Å². The summed E-state index contributed by atoms with van der Waals surface area (Å²) in [6.45, 7) is 8.07. The van der Waals surface area contributed by atoms with Crippen LogP contribution in [0.2, 0.25) is 0 Å². The first-order valence-electron chi connectivity index (χ1n) is 9.76. The second-order valence-corrected chi connectivity index (χ2v) is 8.76. The van der Waals surface area contributed by atoms with Crippen molar-refractivity contribution in [3.8, 4) is 0 Å². The van der Waals surface area contributed by atoms with E-state index in [1.165, 1.54) is 0 Å². The van der Waals surface area contributed by atoms with Gasteiger partial charge in [0.2, 0.25) is 0 Å². The molecule has 152 valence electrons. The van der Waals surface area contributed by atoms with Crippen LogP contribution in [0.25, 0.3) is 0 Å². The van der Waals surface area contributed by atoms with E-state index in [0.717, 1.165) is 32.4 Å². The van der Waals surface area contributed by atoms with Gasteiger partial charge >= 0.3 is 6.18 Å². The normalized spacial score (nSPS) is 31.6. The van der Waals surface area contributed by atoms with Crippen LogP contribution in [0.3, 0.4) is 0 Å². The van der Waals surface area contributed by atoms with E-state index in [1.807, 2.05) is 0 Å². The largest absolute Gasteiger partial charge is 0.391 e. The topological polar surface area (TPSA) is 45.7 Å². The second-order valence-electron chi connectivity index (χ2n) is 8.76. The zero-order chi connectivity index (χ0) is 19.4. The van der Waals surface area contributed by atoms with E-state index in [-0.39, 0.29) is 30.4 Å². The summed E-state index contributed by atoms with van der Waals surface area (Å²) in [5, 5.41) is 6.52. The lowest BCUT2D eigenvalue weighted by atomic mass is 9.78. The lowest BCUT2D eigenvalue weighted by Crippen LogP contribution is -2.50. The Balaban J connectivity index is 1.87. The van der Waals surface area contributed by atoms with Crippen molar-refractivity contribution >= 4 is 5.96 Å². The monoisotopic (exact) mass is 377 g/mol. The zero-order valence-electron chi connectivity index (χ0n) is 16.5. The molecule has 1 saturated carbocycles. The maximum absolute atomic E-state index is 13.0. The summed E-state index contributed by atoms with van der Waals surface area (Å²) < 4.78 is 45.0. The Hall–Kier alpha value is -0.980. The van der Waals surface area contributed by atoms with Gasteiger partial charge in [-0.1, -0.05) is 27.2 Å². The standard InChI is InChI=1S/C19H34F3N3O/c1-18(2,3)16-13(7-6-10-26-16)12-24-17(23-4)25-15-9-5-8-14(11-15)19(20,21)22/h13-16H,5-12H2,1-4H3,(H2,23,24,25). The van der Waals surface area contributed by atoms with Crippen molar-refractivity contribution in [2.75, 3.05) is 20.2 Å². The highest BCUT2D eigenvalue weighted by molar-refractivity contribution is 5.79. The van der Waals surface area contributed by atoms with Crippen LogP contribution in [0.1, 0.15) is 59.3 Å². The maximum atomic E-state index is 13.0. The van der Waals surface area contributed by atoms with Crippen LogP contribution < -0.4 is 10.6 Å². The summed E-state index contributed by atoms with van der Waals surface area (Å²) in [6.07, 6.45) is -0.0810. The Morgan fingerprint density at radius 1 is 1.12 bits per heavy atom. The summed E-state index contributed by atoms with van der Waals surface area (Å²) >= 11 is 0. The second kappa shape index (κ2) is 8.81. The van der Waals surface area contributed by atoms with Crippen LogP contribution in [-0.2, 0) is 4.74 Å². The fourth-order valence-corrected chi connectivity index (χ4v) is 4.24. The molecule has 4 nitrogen and oxygen atoms in total. The molecule has 1 aliphatic carbocycles. The van der Waals surface area contributed by atoms with Gasteiger partial charge in [0.05, 0.1) is 12.0 Å². The Bertz CT molecular complexity index is 474. The van der Waals surface area contributed by atoms with Crippen molar-refractivity contribution < 1.29 is 17.9 Å². The molecule has 2 fully saturated rings. The van der Waals surface area contributed by atoms with Crippen LogP contribution >= 0.6 is 0 Å². The summed E-state index contributed by atoms with van der Waals surface area (Å²) in [6, 6.07) is -0.178. The van der Waals surface area contributed by atoms with Gasteiger partial charge in [0.1, 0.15) is 0 Å². The minimum absolute atomic E-state index is 0.0625. The van der Waals surface area contributed by atoms with Crippen molar-refractivity contribution in [3.05, 3.63) is 0 Å². The lowest BCUT2D eigenvalue weighted by Gasteiger charge is -2.40. The number of nitrogens with zero attached hydrogens (tertiary/aromatic N) is 1. The van der Waals surface area contributed by atoms with Gasteiger partial charge < -0.3 is 15.4 Å². The Morgan fingerprint density at radius 2 is 1.85 bits per heavy atom. The number of ether oxygens (including phenoxy) is 1. The number of hydrogen-bond donors (Lipinski definition) is 2. The van der Waals surface area contributed by atoms with Crippen LogP contribution in [0.5, 0.6) is 0 Å². The third kappa shape index (κ3) is 6.03. The minimum atomic E-state index is -4.10. The molecule has 0 radical (unpaired) electrons. The van der Waals surface area contributed by atoms with Gasteiger partial charge in [-0.15, -0.1) is 0 Å². The number of aliphatic imine (C=N–C) groups is 1. The maximum Gasteiger partial charge on any atom is 0.391 e. The molecule has 1 heterocycles. The Morgan fingerprint density at radius 3 is 2.46 bits per heavy atom. The van der Waals surface area contributed by atoms with Crippen molar-refractivity contribution in [3.63, 3.8) is 0 Å². The molecule has 26 heavy (non-hydrogen) atoms. The highest BCUT2D eigenvalue weighted by Crippen LogP contribution is 2.37. The first kappa shape index (κ1) is 21.3. The van der Waals surface area contributed by atoms with Crippen LogP contribution in [0.15, 0.2) is 4.99 Å². The predicted molar refractivity (Wildman–Crippen MR) is 98.2 cm³/mol. The quantitative estimate of drug-likeness (QED) is 0.575. The molecule has 0 aromatic rings. The lowest BCUT2D eigenvalue weighted by molar-refractivity contribution is -0.183. The smallest absolute Gasteiger partial charge is 0.377 e. The van der Waals surface area contributed by atoms with Crippen LogP contribution in [-0.4, -0.2) is 44.5 Å². The van der Waals surface area contributed by atoms with Crippen LogP contribution in [0, 0.1) is 17.3 Å². The SMILES string of the molecule is CN=C(NCC1CCCOC1C(C)(C)C)NC1CCCC(C(F)(F)F)C1. The van der Waals surface area contributed by atoms with E-state index in [1.54, 1.807) is 7.05 Å². The Labute approximate surface area is 155 Å². The third-order valence-electron chi connectivity index (χ3n) is 5.53. The molecule has 2 aliphatic rings.